The van der Waals surface area contributed by atoms with Crippen LogP contribution in [0.5, 0.6) is 0 Å². The summed E-state index contributed by atoms with van der Waals surface area (Å²) < 4.78 is 8.29. The Bertz CT molecular complexity index is 1810. The summed E-state index contributed by atoms with van der Waals surface area (Å²) in [6, 6.07) is 22.2. The van der Waals surface area contributed by atoms with E-state index in [1.165, 1.54) is 5.56 Å². The zero-order valence-electron chi connectivity index (χ0n) is 25.1. The quantitative estimate of drug-likeness (QED) is 0.178. The normalized spacial score (nSPS) is 13.0. The Hall–Kier alpha value is -3.22. The van der Waals surface area contributed by atoms with Crippen molar-refractivity contribution in [2.45, 2.75) is 53.0 Å². The van der Waals surface area contributed by atoms with Crippen molar-refractivity contribution in [2.24, 2.45) is 5.92 Å². The summed E-state index contributed by atoms with van der Waals surface area (Å²) in [7, 11) is 1.86. The number of nitrogens with zero attached hydrogens (tertiary/aromatic N) is 2. The van der Waals surface area contributed by atoms with Crippen LogP contribution in [0.15, 0.2) is 80.1 Å². The largest absolute Gasteiger partial charge is 0.459 e. The van der Waals surface area contributed by atoms with Gasteiger partial charge in [-0.3, -0.25) is 4.79 Å². The number of aromatic nitrogens is 1. The van der Waals surface area contributed by atoms with E-state index in [-0.39, 0.29) is 23.3 Å². The number of rotatable bonds is 6. The maximum atomic E-state index is 14.3. The molecule has 5 rings (SSSR count). The van der Waals surface area contributed by atoms with Gasteiger partial charge in [0, 0.05) is 26.8 Å². The topological polar surface area (TPSA) is 46.3 Å². The lowest BCUT2D eigenvalue weighted by atomic mass is 9.87. The van der Waals surface area contributed by atoms with Crippen LogP contribution in [-0.4, -0.2) is 22.8 Å². The number of pyridine rings is 1. The fraction of sp³-hybridized carbons (Fsp3) is 0.278. The van der Waals surface area contributed by atoms with Gasteiger partial charge < -0.3 is 9.32 Å². The number of carbonyl (C=O) groups excluding carboxylic acids is 1. The zero-order chi connectivity index (χ0) is 30.3. The highest BCUT2D eigenvalue weighted by atomic mass is 79.9. The van der Waals surface area contributed by atoms with Gasteiger partial charge in [0.2, 0.25) is 0 Å². The van der Waals surface area contributed by atoms with Crippen molar-refractivity contribution < 1.29 is 9.21 Å². The maximum Gasteiger partial charge on any atom is 0.254 e. The van der Waals surface area contributed by atoms with Crippen molar-refractivity contribution >= 4 is 71.8 Å². The van der Waals surface area contributed by atoms with Crippen molar-refractivity contribution in [3.05, 3.63) is 109 Å². The first-order chi connectivity index (χ1) is 19.8. The van der Waals surface area contributed by atoms with Gasteiger partial charge in [-0.1, -0.05) is 96.8 Å². The van der Waals surface area contributed by atoms with Gasteiger partial charge in [-0.15, -0.1) is 0 Å². The Morgan fingerprint density at radius 2 is 1.64 bits per heavy atom. The average molecular weight is 689 g/mol. The minimum atomic E-state index is -0.251. The van der Waals surface area contributed by atoms with E-state index in [9.17, 15) is 4.79 Å². The van der Waals surface area contributed by atoms with Gasteiger partial charge >= 0.3 is 0 Å². The van der Waals surface area contributed by atoms with E-state index in [1.54, 1.807) is 4.90 Å². The van der Waals surface area contributed by atoms with Gasteiger partial charge in [-0.05, 0) is 83.5 Å². The number of halogens is 2. The third kappa shape index (κ3) is 6.25. The summed E-state index contributed by atoms with van der Waals surface area (Å²) in [5, 5.41) is 1.82. The van der Waals surface area contributed by atoms with Crippen LogP contribution in [0.3, 0.4) is 0 Å². The van der Waals surface area contributed by atoms with Gasteiger partial charge in [-0.2, -0.15) is 0 Å². The Kier molecular flexibility index (Phi) is 8.51. The molecule has 5 aromatic rings. The summed E-state index contributed by atoms with van der Waals surface area (Å²) in [5.41, 5.74) is 6.47. The molecular weight excluding hydrogens is 652 g/mol. The standard InChI is InChI=1S/C36H36Br2N2O2/c1-21(2)33(32-18-24-17-27(38)16-22(3)34(24)42-32)40(7)35(41)30-20-28(39-31-15-13-26(37)19-29(30)31)14-10-23-8-11-25(12-9-23)36(4,5)6/h8-21,33H,1-7H3/b14-10+. The van der Waals surface area contributed by atoms with Crippen LogP contribution in [0, 0.1) is 12.8 Å². The molecule has 0 aliphatic carbocycles. The first-order valence-electron chi connectivity index (χ1n) is 14.2. The number of fused-ring (bicyclic) bond motifs is 2. The maximum absolute atomic E-state index is 14.3. The van der Waals surface area contributed by atoms with E-state index >= 15 is 0 Å². The number of hydrogen-bond acceptors (Lipinski definition) is 3. The summed E-state index contributed by atoms with van der Waals surface area (Å²) in [4.78, 5) is 21.0. The molecule has 1 atom stereocenters. The van der Waals surface area contributed by atoms with E-state index in [0.29, 0.717) is 5.56 Å². The highest BCUT2D eigenvalue weighted by molar-refractivity contribution is 9.10. The molecule has 0 bridgehead atoms. The summed E-state index contributed by atoms with van der Waals surface area (Å²) in [5.74, 6) is 0.815. The Labute approximate surface area is 265 Å². The molecule has 6 heteroatoms. The number of amides is 1. The minimum Gasteiger partial charge on any atom is -0.459 e. The summed E-state index contributed by atoms with van der Waals surface area (Å²) >= 11 is 7.18. The van der Waals surface area contributed by atoms with E-state index in [1.807, 2.05) is 56.5 Å². The van der Waals surface area contributed by atoms with Crippen molar-refractivity contribution in [2.75, 3.05) is 7.05 Å². The minimum absolute atomic E-state index is 0.0817. The lowest BCUT2D eigenvalue weighted by Gasteiger charge is -2.30. The second-order valence-corrected chi connectivity index (χ2v) is 14.2. The number of carbonyl (C=O) groups is 1. The van der Waals surface area contributed by atoms with Gasteiger partial charge in [0.05, 0.1) is 22.8 Å². The van der Waals surface area contributed by atoms with Gasteiger partial charge in [0.1, 0.15) is 11.3 Å². The smallest absolute Gasteiger partial charge is 0.254 e. The first kappa shape index (κ1) is 30.2. The molecule has 1 unspecified atom stereocenters. The van der Waals surface area contributed by atoms with Gasteiger partial charge in [0.15, 0.2) is 0 Å². The lowest BCUT2D eigenvalue weighted by molar-refractivity contribution is 0.0664. The zero-order valence-corrected chi connectivity index (χ0v) is 28.3. The van der Waals surface area contributed by atoms with Crippen molar-refractivity contribution in [3.63, 3.8) is 0 Å². The monoisotopic (exact) mass is 686 g/mol. The fourth-order valence-electron chi connectivity index (χ4n) is 5.49. The third-order valence-corrected chi connectivity index (χ3v) is 8.64. The number of furan rings is 1. The highest BCUT2D eigenvalue weighted by Gasteiger charge is 2.30. The lowest BCUT2D eigenvalue weighted by Crippen LogP contribution is -2.34. The average Bonchev–Trinajstić information content (AvgIpc) is 3.34. The fourth-order valence-corrected chi connectivity index (χ4v) is 6.44. The molecule has 0 fully saturated rings. The molecule has 0 radical (unpaired) electrons. The van der Waals surface area contributed by atoms with Crippen LogP contribution in [0.4, 0.5) is 0 Å². The molecule has 3 aromatic carbocycles. The van der Waals surface area contributed by atoms with E-state index in [0.717, 1.165) is 53.4 Å². The molecule has 4 nitrogen and oxygen atoms in total. The Morgan fingerprint density at radius 1 is 0.929 bits per heavy atom. The molecule has 0 spiro atoms. The van der Waals surface area contributed by atoms with Crippen LogP contribution >= 0.6 is 31.9 Å². The van der Waals surface area contributed by atoms with E-state index in [2.05, 4.69) is 103 Å². The predicted molar refractivity (Wildman–Crippen MR) is 182 cm³/mol. The number of benzene rings is 3. The highest BCUT2D eigenvalue weighted by Crippen LogP contribution is 2.36. The second kappa shape index (κ2) is 11.8. The molecule has 42 heavy (non-hydrogen) atoms. The third-order valence-electron chi connectivity index (χ3n) is 7.69. The molecule has 0 N–H and O–H groups in total. The number of hydrogen-bond donors (Lipinski definition) is 0. The molecule has 0 saturated carbocycles. The summed E-state index contributed by atoms with van der Waals surface area (Å²) in [6.45, 7) is 12.9. The number of aryl methyl sites for hydroxylation is 1. The van der Waals surface area contributed by atoms with E-state index in [4.69, 9.17) is 9.40 Å². The molecule has 0 aliphatic rings. The second-order valence-electron chi connectivity index (χ2n) is 12.4. The SMILES string of the molecule is Cc1cc(Br)cc2cc(C(C(C)C)N(C)C(=O)c3cc(/C=C/c4ccc(C(C)(C)C)cc4)nc4ccc(Br)cc34)oc12. The molecular formula is C36H36Br2N2O2. The molecule has 0 aliphatic heterocycles. The predicted octanol–water partition coefficient (Wildman–Crippen LogP) is 10.8. The van der Waals surface area contributed by atoms with Crippen molar-refractivity contribution in [1.29, 1.82) is 0 Å². The van der Waals surface area contributed by atoms with Crippen LogP contribution < -0.4 is 0 Å². The van der Waals surface area contributed by atoms with Gasteiger partial charge in [0.25, 0.3) is 5.91 Å². The molecule has 0 saturated heterocycles. The first-order valence-corrected chi connectivity index (χ1v) is 15.8. The molecule has 1 amide bonds. The van der Waals surface area contributed by atoms with Crippen LogP contribution in [0.1, 0.15) is 79.2 Å². The van der Waals surface area contributed by atoms with Crippen LogP contribution in [0.2, 0.25) is 0 Å². The van der Waals surface area contributed by atoms with Crippen molar-refractivity contribution in [3.8, 4) is 0 Å². The van der Waals surface area contributed by atoms with Crippen molar-refractivity contribution in [1.82, 2.24) is 9.88 Å². The van der Waals surface area contributed by atoms with Gasteiger partial charge in [-0.25, -0.2) is 4.98 Å². The Morgan fingerprint density at radius 3 is 2.31 bits per heavy atom. The van der Waals surface area contributed by atoms with Crippen LogP contribution in [0.25, 0.3) is 34.0 Å². The molecule has 2 heterocycles. The molecule has 2 aromatic heterocycles. The van der Waals surface area contributed by atoms with E-state index < -0.39 is 0 Å². The Balaban J connectivity index is 1.53. The summed E-state index contributed by atoms with van der Waals surface area (Å²) in [6.07, 6.45) is 4.02. The molecule has 216 valence electrons. The van der Waals surface area contributed by atoms with Crippen LogP contribution in [-0.2, 0) is 5.41 Å².